The summed E-state index contributed by atoms with van der Waals surface area (Å²) in [4.78, 5) is 11.7. The molecule has 164 valence electrons. The highest BCUT2D eigenvalue weighted by Crippen LogP contribution is 2.25. The molecule has 0 aromatic heterocycles. The van der Waals surface area contributed by atoms with Gasteiger partial charge in [-0.2, -0.15) is 0 Å². The lowest BCUT2D eigenvalue weighted by Gasteiger charge is -2.40. The van der Waals surface area contributed by atoms with Crippen molar-refractivity contribution < 1.29 is 9.13 Å². The van der Waals surface area contributed by atoms with Gasteiger partial charge in [0.05, 0.1) is 12.6 Å². The van der Waals surface area contributed by atoms with Gasteiger partial charge in [0.15, 0.2) is 5.96 Å². The largest absolute Gasteiger partial charge is 0.367 e. The van der Waals surface area contributed by atoms with E-state index in [0.29, 0.717) is 12.6 Å². The number of aliphatic imine (C=N–C) groups is 1. The predicted octanol–water partition coefficient (Wildman–Crippen LogP) is 2.42. The van der Waals surface area contributed by atoms with E-state index in [1.165, 1.54) is 12.1 Å². The zero-order valence-corrected chi connectivity index (χ0v) is 20.3. The number of piperazine rings is 1. The number of nitrogens with one attached hydrogen (secondary N) is 1. The van der Waals surface area contributed by atoms with Crippen molar-refractivity contribution in [2.45, 2.75) is 32.1 Å². The fourth-order valence-electron chi connectivity index (χ4n) is 3.95. The van der Waals surface area contributed by atoms with E-state index in [1.54, 1.807) is 0 Å². The molecule has 3 unspecified atom stereocenters. The molecule has 0 saturated carbocycles. The van der Waals surface area contributed by atoms with Crippen LogP contribution < -0.4 is 5.32 Å². The molecule has 0 bridgehead atoms. The second-order valence-electron chi connectivity index (χ2n) is 8.01. The van der Waals surface area contributed by atoms with Crippen LogP contribution in [0.3, 0.4) is 0 Å². The Morgan fingerprint density at radius 2 is 1.86 bits per heavy atom. The van der Waals surface area contributed by atoms with E-state index in [9.17, 15) is 4.39 Å². The van der Waals surface area contributed by atoms with Crippen molar-refractivity contribution in [1.82, 2.24) is 20.0 Å². The zero-order valence-electron chi connectivity index (χ0n) is 18.0. The molecule has 1 aromatic carbocycles. The number of halogens is 2. The number of hydrogen-bond donors (Lipinski definition) is 1. The lowest BCUT2D eigenvalue weighted by Crippen LogP contribution is -2.55. The van der Waals surface area contributed by atoms with Gasteiger partial charge in [-0.1, -0.05) is 12.1 Å². The van der Waals surface area contributed by atoms with Gasteiger partial charge in [0.2, 0.25) is 0 Å². The van der Waals surface area contributed by atoms with Crippen molar-refractivity contribution in [2.75, 3.05) is 59.9 Å². The summed E-state index contributed by atoms with van der Waals surface area (Å²) in [5, 5.41) is 3.55. The molecule has 0 aliphatic carbocycles. The first-order chi connectivity index (χ1) is 13.5. The minimum atomic E-state index is -0.222. The van der Waals surface area contributed by atoms with E-state index >= 15 is 0 Å². The highest BCUT2D eigenvalue weighted by Gasteiger charge is 2.29. The maximum Gasteiger partial charge on any atom is 0.193 e. The van der Waals surface area contributed by atoms with Crippen LogP contribution in [0.5, 0.6) is 0 Å². The number of nitrogens with zero attached hydrogens (tertiary/aromatic N) is 4. The number of morpholine rings is 1. The molecule has 2 aliphatic rings. The molecule has 8 heteroatoms. The molecule has 1 N–H and O–H groups in total. The SMILES string of the molecule is CN=C(NCC(C)N1CCN(C)CC1)N1CC(C)OC(c2ccc(F)cc2)C1.I. The normalized spacial score (nSPS) is 25.4. The number of benzene rings is 1. The van der Waals surface area contributed by atoms with E-state index in [1.807, 2.05) is 19.2 Å². The Morgan fingerprint density at radius 3 is 2.48 bits per heavy atom. The molecule has 1 aromatic rings. The average molecular weight is 519 g/mol. The van der Waals surface area contributed by atoms with Crippen LogP contribution in [0, 0.1) is 5.82 Å². The molecule has 0 amide bonds. The van der Waals surface area contributed by atoms with Gasteiger partial charge in [-0.05, 0) is 38.6 Å². The molecule has 6 nitrogen and oxygen atoms in total. The number of rotatable bonds is 4. The summed E-state index contributed by atoms with van der Waals surface area (Å²) in [5.74, 6) is 0.683. The van der Waals surface area contributed by atoms with Gasteiger partial charge in [0.25, 0.3) is 0 Å². The van der Waals surface area contributed by atoms with Crippen LogP contribution >= 0.6 is 24.0 Å². The molecule has 3 atom stereocenters. The topological polar surface area (TPSA) is 43.3 Å². The molecule has 0 radical (unpaired) electrons. The maximum atomic E-state index is 13.3. The molecule has 3 rings (SSSR count). The van der Waals surface area contributed by atoms with Gasteiger partial charge >= 0.3 is 0 Å². The molecule has 2 aliphatic heterocycles. The van der Waals surface area contributed by atoms with Crippen molar-refractivity contribution in [3.8, 4) is 0 Å². The van der Waals surface area contributed by atoms with Gasteiger partial charge in [0, 0.05) is 52.4 Å². The standard InChI is InChI=1S/C21H34FN5O.HI/c1-16(26-11-9-25(4)10-12-26)13-24-21(23-3)27-14-17(2)28-20(15-27)18-5-7-19(22)8-6-18;/h5-8,16-17,20H,9-15H2,1-4H3,(H,23,24);1H. The molecule has 0 spiro atoms. The number of likely N-dealkylation sites (N-methyl/N-ethyl adjacent to an activating group) is 1. The highest BCUT2D eigenvalue weighted by molar-refractivity contribution is 14.0. The van der Waals surface area contributed by atoms with Crippen molar-refractivity contribution in [3.05, 3.63) is 35.6 Å². The first-order valence-electron chi connectivity index (χ1n) is 10.3. The lowest BCUT2D eigenvalue weighted by molar-refractivity contribution is -0.0605. The third-order valence-electron chi connectivity index (χ3n) is 5.73. The summed E-state index contributed by atoms with van der Waals surface area (Å²) in [6, 6.07) is 7.06. The number of guanidine groups is 1. The first-order valence-corrected chi connectivity index (χ1v) is 10.3. The van der Waals surface area contributed by atoms with Gasteiger partial charge in [-0.15, -0.1) is 24.0 Å². The number of hydrogen-bond acceptors (Lipinski definition) is 4. The average Bonchev–Trinajstić information content (AvgIpc) is 2.69. The second-order valence-corrected chi connectivity index (χ2v) is 8.01. The van der Waals surface area contributed by atoms with E-state index in [0.717, 1.165) is 50.8 Å². The summed E-state index contributed by atoms with van der Waals surface area (Å²) in [6.45, 7) is 11.2. The smallest absolute Gasteiger partial charge is 0.193 e. The Kier molecular flexibility index (Phi) is 9.58. The molecule has 2 saturated heterocycles. The van der Waals surface area contributed by atoms with Crippen molar-refractivity contribution in [3.63, 3.8) is 0 Å². The van der Waals surface area contributed by atoms with E-state index in [-0.39, 0.29) is 42.0 Å². The van der Waals surface area contributed by atoms with Crippen LogP contribution in [0.2, 0.25) is 0 Å². The van der Waals surface area contributed by atoms with Crippen molar-refractivity contribution in [1.29, 1.82) is 0 Å². The van der Waals surface area contributed by atoms with Crippen LogP contribution in [0.1, 0.15) is 25.5 Å². The van der Waals surface area contributed by atoms with E-state index in [2.05, 4.69) is 45.9 Å². The maximum absolute atomic E-state index is 13.3. The quantitative estimate of drug-likeness (QED) is 0.376. The summed E-state index contributed by atoms with van der Waals surface area (Å²) in [7, 11) is 4.01. The van der Waals surface area contributed by atoms with Crippen LogP contribution in [0.25, 0.3) is 0 Å². The Balaban J connectivity index is 0.00000300. The third kappa shape index (κ3) is 6.77. The summed E-state index contributed by atoms with van der Waals surface area (Å²) in [5.41, 5.74) is 0.999. The molecule has 2 fully saturated rings. The van der Waals surface area contributed by atoms with Crippen LogP contribution in [0.4, 0.5) is 4.39 Å². The fraction of sp³-hybridized carbons (Fsp3) is 0.667. The molecule has 2 heterocycles. The Morgan fingerprint density at radius 1 is 1.21 bits per heavy atom. The van der Waals surface area contributed by atoms with E-state index in [4.69, 9.17) is 4.74 Å². The summed E-state index contributed by atoms with van der Waals surface area (Å²) in [6.07, 6.45) is -0.00429. The minimum absolute atomic E-state index is 0. The number of ether oxygens (including phenoxy) is 1. The second kappa shape index (κ2) is 11.4. The molecule has 29 heavy (non-hydrogen) atoms. The van der Waals surface area contributed by atoms with Crippen LogP contribution in [-0.2, 0) is 4.74 Å². The first kappa shape index (κ1) is 24.3. The molecular formula is C21H35FIN5O. The summed E-state index contributed by atoms with van der Waals surface area (Å²) >= 11 is 0. The van der Waals surface area contributed by atoms with Crippen molar-refractivity contribution in [2.24, 2.45) is 4.99 Å². The van der Waals surface area contributed by atoms with Crippen LogP contribution in [0.15, 0.2) is 29.3 Å². The molecular weight excluding hydrogens is 484 g/mol. The Bertz CT molecular complexity index is 651. The van der Waals surface area contributed by atoms with Gasteiger partial charge in [-0.25, -0.2) is 4.39 Å². The highest BCUT2D eigenvalue weighted by atomic mass is 127. The van der Waals surface area contributed by atoms with Gasteiger partial charge in [-0.3, -0.25) is 9.89 Å². The van der Waals surface area contributed by atoms with Crippen molar-refractivity contribution >= 4 is 29.9 Å². The fourth-order valence-corrected chi connectivity index (χ4v) is 3.95. The van der Waals surface area contributed by atoms with E-state index < -0.39 is 0 Å². The predicted molar refractivity (Wildman–Crippen MR) is 127 cm³/mol. The van der Waals surface area contributed by atoms with Gasteiger partial charge < -0.3 is 19.9 Å². The minimum Gasteiger partial charge on any atom is -0.367 e. The monoisotopic (exact) mass is 519 g/mol. The summed E-state index contributed by atoms with van der Waals surface area (Å²) < 4.78 is 19.4. The lowest BCUT2D eigenvalue weighted by atomic mass is 10.1. The Hall–Kier alpha value is -0.970. The Labute approximate surface area is 191 Å². The third-order valence-corrected chi connectivity index (χ3v) is 5.73. The van der Waals surface area contributed by atoms with Crippen LogP contribution in [-0.4, -0.2) is 92.7 Å². The van der Waals surface area contributed by atoms with Gasteiger partial charge in [0.1, 0.15) is 11.9 Å². The zero-order chi connectivity index (χ0) is 20.1.